The van der Waals surface area contributed by atoms with Crippen molar-refractivity contribution in [1.29, 1.82) is 0 Å². The second kappa shape index (κ2) is 7.25. The molecule has 96 valence electrons. The fraction of sp³-hybridized carbons (Fsp3) is 0.714. The first-order valence-corrected chi connectivity index (χ1v) is 6.79. The maximum atomic E-state index is 12.3. The molecule has 0 fully saturated rings. The van der Waals surface area contributed by atoms with E-state index in [1.807, 2.05) is 10.9 Å². The fourth-order valence-electron chi connectivity index (χ4n) is 2.18. The number of carbonyl (C=O) groups excluding carboxylic acids is 1. The van der Waals surface area contributed by atoms with Crippen LogP contribution in [0.25, 0.3) is 0 Å². The van der Waals surface area contributed by atoms with E-state index in [4.69, 9.17) is 0 Å². The monoisotopic (exact) mass is 236 g/mol. The number of carbonyl (C=O) groups is 1. The average Bonchev–Trinajstić information content (AvgIpc) is 2.77. The van der Waals surface area contributed by atoms with E-state index in [-0.39, 0.29) is 11.7 Å². The number of hydrogen-bond acceptors (Lipinski definition) is 2. The normalized spacial score (nSPS) is 11.1. The quantitative estimate of drug-likeness (QED) is 0.645. The van der Waals surface area contributed by atoms with Gasteiger partial charge in [-0.3, -0.25) is 9.48 Å². The summed E-state index contributed by atoms with van der Waals surface area (Å²) in [5.41, 5.74) is 0.783. The van der Waals surface area contributed by atoms with Crippen LogP contribution in [0.1, 0.15) is 63.2 Å². The predicted octanol–water partition coefficient (Wildman–Crippen LogP) is 3.69. The van der Waals surface area contributed by atoms with E-state index >= 15 is 0 Å². The van der Waals surface area contributed by atoms with Crippen LogP contribution in [0.4, 0.5) is 0 Å². The fourth-order valence-corrected chi connectivity index (χ4v) is 2.18. The standard InChI is InChI=1S/C14H24N2O/c1-4-7-12(8-5-2)14(17)13-10-15-16(11-13)9-6-3/h10-12H,4-9H2,1-3H3. The highest BCUT2D eigenvalue weighted by atomic mass is 16.1. The number of Topliss-reactive ketones (excluding diaryl/α,β-unsaturated/α-hetero) is 1. The lowest BCUT2D eigenvalue weighted by Crippen LogP contribution is -2.14. The smallest absolute Gasteiger partial charge is 0.169 e. The second-order valence-corrected chi connectivity index (χ2v) is 4.63. The topological polar surface area (TPSA) is 34.9 Å². The highest BCUT2D eigenvalue weighted by Gasteiger charge is 2.19. The molecule has 0 amide bonds. The summed E-state index contributed by atoms with van der Waals surface area (Å²) in [5, 5.41) is 4.23. The third-order valence-corrected chi connectivity index (χ3v) is 3.02. The van der Waals surface area contributed by atoms with E-state index in [0.717, 1.165) is 44.2 Å². The Kier molecular flexibility index (Phi) is 5.95. The lowest BCUT2D eigenvalue weighted by atomic mass is 9.91. The van der Waals surface area contributed by atoms with Crippen molar-refractivity contribution in [2.24, 2.45) is 5.92 Å². The van der Waals surface area contributed by atoms with Gasteiger partial charge in [-0.25, -0.2) is 0 Å². The second-order valence-electron chi connectivity index (χ2n) is 4.63. The molecule has 0 radical (unpaired) electrons. The van der Waals surface area contributed by atoms with E-state index in [1.54, 1.807) is 6.20 Å². The summed E-state index contributed by atoms with van der Waals surface area (Å²) in [7, 11) is 0. The van der Waals surface area contributed by atoms with Crippen LogP contribution in [0.5, 0.6) is 0 Å². The Morgan fingerprint density at radius 3 is 2.41 bits per heavy atom. The number of nitrogens with zero attached hydrogens (tertiary/aromatic N) is 2. The van der Waals surface area contributed by atoms with Crippen LogP contribution in [-0.4, -0.2) is 15.6 Å². The molecule has 0 spiro atoms. The van der Waals surface area contributed by atoms with Gasteiger partial charge in [0.05, 0.1) is 11.8 Å². The van der Waals surface area contributed by atoms with Gasteiger partial charge in [-0.2, -0.15) is 5.10 Å². The molecule has 0 aromatic carbocycles. The lowest BCUT2D eigenvalue weighted by Gasteiger charge is -2.12. The van der Waals surface area contributed by atoms with Gasteiger partial charge in [0, 0.05) is 18.7 Å². The maximum Gasteiger partial charge on any atom is 0.169 e. The molecule has 0 unspecified atom stereocenters. The summed E-state index contributed by atoms with van der Waals surface area (Å²) >= 11 is 0. The van der Waals surface area contributed by atoms with Gasteiger partial charge < -0.3 is 0 Å². The van der Waals surface area contributed by atoms with Crippen LogP contribution in [0.15, 0.2) is 12.4 Å². The average molecular weight is 236 g/mol. The van der Waals surface area contributed by atoms with Crippen molar-refractivity contribution in [3.63, 3.8) is 0 Å². The number of rotatable bonds is 8. The Morgan fingerprint density at radius 1 is 1.24 bits per heavy atom. The summed E-state index contributed by atoms with van der Waals surface area (Å²) in [5.74, 6) is 0.459. The molecule has 1 heterocycles. The molecular formula is C14H24N2O. The van der Waals surface area contributed by atoms with Crippen molar-refractivity contribution in [3.8, 4) is 0 Å². The minimum absolute atomic E-state index is 0.185. The number of ketones is 1. The Labute approximate surface area is 104 Å². The highest BCUT2D eigenvalue weighted by Crippen LogP contribution is 2.19. The number of hydrogen-bond donors (Lipinski definition) is 0. The summed E-state index contributed by atoms with van der Waals surface area (Å²) in [6, 6.07) is 0. The lowest BCUT2D eigenvalue weighted by molar-refractivity contribution is 0.0905. The Balaban J connectivity index is 2.70. The molecule has 0 atom stereocenters. The maximum absolute atomic E-state index is 12.3. The molecule has 1 aromatic heterocycles. The van der Waals surface area contributed by atoms with Crippen molar-refractivity contribution in [2.75, 3.05) is 0 Å². The minimum atomic E-state index is 0.185. The number of aryl methyl sites for hydroxylation is 1. The summed E-state index contributed by atoms with van der Waals surface area (Å²) in [4.78, 5) is 12.3. The summed E-state index contributed by atoms with van der Waals surface area (Å²) < 4.78 is 1.86. The number of aromatic nitrogens is 2. The Bertz CT molecular complexity index is 338. The zero-order valence-corrected chi connectivity index (χ0v) is 11.3. The Hall–Kier alpha value is -1.12. The third-order valence-electron chi connectivity index (χ3n) is 3.02. The SMILES string of the molecule is CCCC(CCC)C(=O)c1cnn(CCC)c1. The van der Waals surface area contributed by atoms with E-state index < -0.39 is 0 Å². The summed E-state index contributed by atoms with van der Waals surface area (Å²) in [6.45, 7) is 7.27. The molecule has 0 N–H and O–H groups in total. The molecule has 0 bridgehead atoms. The first-order chi connectivity index (χ1) is 8.22. The first kappa shape index (κ1) is 13.9. The van der Waals surface area contributed by atoms with Crippen molar-refractivity contribution in [1.82, 2.24) is 9.78 Å². The molecule has 0 aliphatic heterocycles. The molecule has 1 aromatic rings. The van der Waals surface area contributed by atoms with Gasteiger partial charge in [0.15, 0.2) is 5.78 Å². The van der Waals surface area contributed by atoms with Crippen LogP contribution in [0, 0.1) is 5.92 Å². The van der Waals surface area contributed by atoms with E-state index in [2.05, 4.69) is 25.9 Å². The van der Waals surface area contributed by atoms with Crippen LogP contribution in [0.2, 0.25) is 0 Å². The van der Waals surface area contributed by atoms with Gasteiger partial charge in [-0.15, -0.1) is 0 Å². The van der Waals surface area contributed by atoms with Gasteiger partial charge in [0.25, 0.3) is 0 Å². The highest BCUT2D eigenvalue weighted by molar-refractivity contribution is 5.97. The molecule has 3 heteroatoms. The molecule has 3 nitrogen and oxygen atoms in total. The molecule has 0 aliphatic carbocycles. The third kappa shape index (κ3) is 3.99. The largest absolute Gasteiger partial charge is 0.294 e. The van der Waals surface area contributed by atoms with Gasteiger partial charge >= 0.3 is 0 Å². The van der Waals surface area contributed by atoms with Gasteiger partial charge in [-0.1, -0.05) is 33.6 Å². The van der Waals surface area contributed by atoms with Gasteiger partial charge in [0.1, 0.15) is 0 Å². The molecule has 0 aliphatic rings. The van der Waals surface area contributed by atoms with E-state index in [9.17, 15) is 4.79 Å². The van der Waals surface area contributed by atoms with Gasteiger partial charge in [0.2, 0.25) is 0 Å². The molecule has 0 saturated heterocycles. The van der Waals surface area contributed by atoms with Crippen molar-refractivity contribution >= 4 is 5.78 Å². The predicted molar refractivity (Wildman–Crippen MR) is 70.2 cm³/mol. The zero-order valence-electron chi connectivity index (χ0n) is 11.3. The summed E-state index contributed by atoms with van der Waals surface area (Å²) in [6.07, 6.45) is 8.78. The van der Waals surface area contributed by atoms with Gasteiger partial charge in [-0.05, 0) is 19.3 Å². The van der Waals surface area contributed by atoms with Crippen LogP contribution in [-0.2, 0) is 6.54 Å². The molecule has 17 heavy (non-hydrogen) atoms. The molecular weight excluding hydrogens is 212 g/mol. The van der Waals surface area contributed by atoms with Crippen molar-refractivity contribution < 1.29 is 4.79 Å². The van der Waals surface area contributed by atoms with Crippen molar-refractivity contribution in [2.45, 2.75) is 59.4 Å². The van der Waals surface area contributed by atoms with Crippen LogP contribution < -0.4 is 0 Å². The molecule has 1 rings (SSSR count). The van der Waals surface area contributed by atoms with Crippen LogP contribution >= 0.6 is 0 Å². The van der Waals surface area contributed by atoms with E-state index in [1.165, 1.54) is 0 Å². The molecule has 0 saturated carbocycles. The minimum Gasteiger partial charge on any atom is -0.294 e. The van der Waals surface area contributed by atoms with Crippen molar-refractivity contribution in [3.05, 3.63) is 18.0 Å². The zero-order chi connectivity index (χ0) is 12.7. The first-order valence-electron chi connectivity index (χ1n) is 6.79. The van der Waals surface area contributed by atoms with E-state index in [0.29, 0.717) is 0 Å². The van der Waals surface area contributed by atoms with Crippen LogP contribution in [0.3, 0.4) is 0 Å². The Morgan fingerprint density at radius 2 is 1.88 bits per heavy atom.